The fraction of sp³-hybridized carbons (Fsp3) is 0. The first-order valence-electron chi connectivity index (χ1n) is 4.45. The number of benzene rings is 1. The highest BCUT2D eigenvalue weighted by atomic mass is 16.6. The van der Waals surface area contributed by atoms with E-state index in [9.17, 15) is 25.0 Å². The Morgan fingerprint density at radius 3 is 2.17 bits per heavy atom. The minimum Gasteiger partial charge on any atom is -0.316 e. The molecular formula is C9H6N4O5. The highest BCUT2D eigenvalue weighted by molar-refractivity contribution is 6.06. The Kier molecular flexibility index (Phi) is 3.85. The van der Waals surface area contributed by atoms with Crippen LogP contribution in [0.1, 0.15) is 0 Å². The maximum Gasteiger partial charge on any atom is 0.394 e. The minimum atomic E-state index is -1.12. The summed E-state index contributed by atoms with van der Waals surface area (Å²) in [5.74, 6) is 0.277. The Morgan fingerprint density at radius 1 is 1.22 bits per heavy atom. The molecule has 0 spiro atoms. The van der Waals surface area contributed by atoms with Gasteiger partial charge in [0.25, 0.3) is 5.69 Å². The van der Waals surface area contributed by atoms with Crippen molar-refractivity contribution in [3.63, 3.8) is 0 Å². The summed E-state index contributed by atoms with van der Waals surface area (Å²) < 4.78 is 0. The molecule has 0 atom stereocenters. The van der Waals surface area contributed by atoms with Gasteiger partial charge in [-0.1, -0.05) is 0 Å². The first kappa shape index (κ1) is 13.0. The fourth-order valence-electron chi connectivity index (χ4n) is 1.04. The summed E-state index contributed by atoms with van der Waals surface area (Å²) in [6.45, 7) is 0. The number of carbonyl (C=O) groups excluding carboxylic acids is 1. The maximum atomic E-state index is 11.3. The zero-order valence-corrected chi connectivity index (χ0v) is 8.75. The third-order valence-electron chi connectivity index (χ3n) is 1.85. The fourth-order valence-corrected chi connectivity index (χ4v) is 1.04. The van der Waals surface area contributed by atoms with Crippen LogP contribution < -0.4 is 5.32 Å². The Balaban J connectivity index is 2.86. The number of amides is 1. The summed E-state index contributed by atoms with van der Waals surface area (Å²) in [6, 6.07) is 4.71. The normalized spacial score (nSPS) is 9.11. The molecule has 18 heavy (non-hydrogen) atoms. The Bertz CT molecular complexity index is 559. The summed E-state index contributed by atoms with van der Waals surface area (Å²) in [7, 11) is 0. The van der Waals surface area contributed by atoms with Crippen LogP contribution in [0, 0.1) is 25.6 Å². The topological polar surface area (TPSA) is 139 Å². The van der Waals surface area contributed by atoms with E-state index in [0.717, 1.165) is 12.1 Å². The molecule has 1 rings (SSSR count). The van der Waals surface area contributed by atoms with Gasteiger partial charge in [0.1, 0.15) is 0 Å². The van der Waals surface area contributed by atoms with Gasteiger partial charge in [0.05, 0.1) is 15.7 Å². The van der Waals surface area contributed by atoms with Crippen molar-refractivity contribution in [3.8, 4) is 0 Å². The summed E-state index contributed by atoms with van der Waals surface area (Å²) >= 11 is 0. The number of hydrogen-bond acceptors (Lipinski definition) is 6. The van der Waals surface area contributed by atoms with Gasteiger partial charge in [-0.2, -0.15) is 0 Å². The predicted octanol–water partition coefficient (Wildman–Crippen LogP) is 0.942. The molecule has 0 saturated carbocycles. The number of hydrogen-bond donors (Lipinski definition) is 2. The molecule has 1 aromatic rings. The monoisotopic (exact) mass is 250 g/mol. The second kappa shape index (κ2) is 5.32. The molecule has 92 valence electrons. The van der Waals surface area contributed by atoms with Gasteiger partial charge >= 0.3 is 11.6 Å². The summed E-state index contributed by atoms with van der Waals surface area (Å²) in [5.41, 5.74) is -1.08. The van der Waals surface area contributed by atoms with Crippen molar-refractivity contribution in [1.29, 1.82) is 5.41 Å². The van der Waals surface area contributed by atoms with Crippen molar-refractivity contribution >= 4 is 23.2 Å². The van der Waals surface area contributed by atoms with Crippen LogP contribution >= 0.6 is 0 Å². The molecule has 9 nitrogen and oxygen atoms in total. The lowest BCUT2D eigenvalue weighted by Crippen LogP contribution is -2.20. The van der Waals surface area contributed by atoms with Gasteiger partial charge in [-0.3, -0.25) is 30.4 Å². The molecule has 9 heteroatoms. The van der Waals surface area contributed by atoms with Crippen LogP contribution in [0.25, 0.3) is 0 Å². The van der Waals surface area contributed by atoms with Crippen molar-refractivity contribution in [3.05, 3.63) is 50.2 Å². The molecule has 0 fully saturated rings. The summed E-state index contributed by atoms with van der Waals surface area (Å²) in [5, 5.41) is 29.4. The van der Waals surface area contributed by atoms with Gasteiger partial charge in [0, 0.05) is 17.8 Å². The minimum absolute atomic E-state index is 0.139. The average Bonchev–Trinajstić information content (AvgIpc) is 2.29. The highest BCUT2D eigenvalue weighted by Crippen LogP contribution is 2.15. The van der Waals surface area contributed by atoms with E-state index in [1.54, 1.807) is 0 Å². The van der Waals surface area contributed by atoms with Crippen molar-refractivity contribution in [2.24, 2.45) is 0 Å². The van der Waals surface area contributed by atoms with Gasteiger partial charge in [0.2, 0.25) is 0 Å². The van der Waals surface area contributed by atoms with E-state index in [1.165, 1.54) is 18.0 Å². The van der Waals surface area contributed by atoms with Gasteiger partial charge < -0.3 is 5.32 Å². The molecular weight excluding hydrogens is 244 g/mol. The number of nitro benzene ring substituents is 1. The van der Waals surface area contributed by atoms with E-state index in [0.29, 0.717) is 0 Å². The van der Waals surface area contributed by atoms with Crippen LogP contribution in [0.2, 0.25) is 0 Å². The van der Waals surface area contributed by atoms with Crippen LogP contribution in [0.3, 0.4) is 0 Å². The molecule has 0 radical (unpaired) electrons. The molecule has 1 amide bonds. The zero-order chi connectivity index (χ0) is 13.7. The first-order chi connectivity index (χ1) is 8.45. The largest absolute Gasteiger partial charge is 0.394 e. The number of rotatable bonds is 4. The van der Waals surface area contributed by atoms with Crippen LogP contribution in [0.4, 0.5) is 11.4 Å². The van der Waals surface area contributed by atoms with Gasteiger partial charge in [-0.15, -0.1) is 0 Å². The number of nitrogens with zero attached hydrogens (tertiary/aromatic N) is 2. The molecule has 0 bridgehead atoms. The molecule has 1 aromatic carbocycles. The zero-order valence-electron chi connectivity index (χ0n) is 8.75. The maximum absolute atomic E-state index is 11.3. The quantitative estimate of drug-likeness (QED) is 0.354. The van der Waals surface area contributed by atoms with Gasteiger partial charge in [-0.25, -0.2) is 0 Å². The summed E-state index contributed by atoms with van der Waals surface area (Å²) in [4.78, 5) is 30.3. The van der Waals surface area contributed by atoms with E-state index in [2.05, 4.69) is 5.32 Å². The van der Waals surface area contributed by atoms with Crippen molar-refractivity contribution < 1.29 is 14.6 Å². The summed E-state index contributed by atoms with van der Waals surface area (Å²) in [6.07, 6.45) is 0. The second-order valence-electron chi connectivity index (χ2n) is 2.99. The smallest absolute Gasteiger partial charge is 0.316 e. The third kappa shape index (κ3) is 2.97. The van der Waals surface area contributed by atoms with E-state index < -0.39 is 21.5 Å². The number of anilines is 1. The number of nitro groups is 2. The first-order valence-corrected chi connectivity index (χ1v) is 4.45. The SMILES string of the molecule is N=C=C(C(=O)Nc1ccc([N+](=O)[O-])cc1)[N+](=O)[O-]. The lowest BCUT2D eigenvalue weighted by Gasteiger charge is -2.01. The van der Waals surface area contributed by atoms with Crippen LogP contribution in [-0.2, 0) is 4.79 Å². The van der Waals surface area contributed by atoms with Gasteiger partial charge in [-0.05, 0) is 12.1 Å². The second-order valence-corrected chi connectivity index (χ2v) is 2.99. The molecule has 0 aliphatic rings. The third-order valence-corrected chi connectivity index (χ3v) is 1.85. The Hall–Kier alpha value is -3.06. The van der Waals surface area contributed by atoms with Crippen LogP contribution in [-0.4, -0.2) is 21.6 Å². The molecule has 0 unspecified atom stereocenters. The molecule has 0 saturated heterocycles. The number of non-ortho nitro benzene ring substituents is 1. The number of nitrogens with one attached hydrogen (secondary N) is 2. The van der Waals surface area contributed by atoms with Gasteiger partial charge in [0.15, 0.2) is 0 Å². The van der Waals surface area contributed by atoms with E-state index in [4.69, 9.17) is 5.41 Å². The molecule has 0 aliphatic heterocycles. The van der Waals surface area contributed by atoms with Crippen molar-refractivity contribution in [1.82, 2.24) is 0 Å². The van der Waals surface area contributed by atoms with Crippen molar-refractivity contribution in [2.75, 3.05) is 5.32 Å². The highest BCUT2D eigenvalue weighted by Gasteiger charge is 2.22. The van der Waals surface area contributed by atoms with E-state index >= 15 is 0 Å². The Morgan fingerprint density at radius 2 is 1.78 bits per heavy atom. The molecule has 0 aliphatic carbocycles. The standard InChI is InChI=1S/C9H6N4O5/c10-5-8(13(17)18)9(14)11-6-1-3-7(4-2-6)12(15)16/h1-4,10H,(H,11,14). The lowest BCUT2D eigenvalue weighted by molar-refractivity contribution is -0.415. The van der Waals surface area contributed by atoms with Crippen molar-refractivity contribution in [2.45, 2.75) is 0 Å². The molecule has 2 N–H and O–H groups in total. The number of carbonyl (C=O) groups is 1. The molecule has 0 heterocycles. The predicted molar refractivity (Wildman–Crippen MR) is 60.0 cm³/mol. The van der Waals surface area contributed by atoms with E-state index in [-0.39, 0.29) is 11.4 Å². The van der Waals surface area contributed by atoms with Crippen LogP contribution in [0.15, 0.2) is 30.0 Å². The lowest BCUT2D eigenvalue weighted by atomic mass is 10.3. The van der Waals surface area contributed by atoms with E-state index in [1.807, 2.05) is 0 Å². The van der Waals surface area contributed by atoms with Crippen LogP contribution in [0.5, 0.6) is 0 Å². The average molecular weight is 250 g/mol. The Labute approximate surface area is 99.5 Å². The molecule has 0 aromatic heterocycles.